The van der Waals surface area contributed by atoms with Gasteiger partial charge in [0.2, 0.25) is 5.91 Å². The molecule has 0 fully saturated rings. The van der Waals surface area contributed by atoms with Gasteiger partial charge in [-0.25, -0.2) is 4.98 Å². The average molecular weight is 315 g/mol. The Morgan fingerprint density at radius 3 is 3.09 bits per heavy atom. The number of nitrogens with two attached hydrogens (primary N) is 1. The average Bonchev–Trinajstić information content (AvgIpc) is 3.11. The Labute approximate surface area is 134 Å². The number of hydrogen-bond donors (Lipinski definition) is 2. The number of hydrogen-bond acceptors (Lipinski definition) is 4. The highest BCUT2D eigenvalue weighted by Crippen LogP contribution is 2.34. The molecule has 1 heterocycles. The summed E-state index contributed by atoms with van der Waals surface area (Å²) in [5.74, 6) is 0.536. The third-order valence-corrected chi connectivity index (χ3v) is 4.91. The Morgan fingerprint density at radius 2 is 2.27 bits per heavy atom. The van der Waals surface area contributed by atoms with Gasteiger partial charge in [-0.3, -0.25) is 4.79 Å². The number of nitrogen functional groups attached to an aromatic ring is 1. The number of anilines is 1. The maximum Gasteiger partial charge on any atom is 0.220 e. The molecule has 1 aromatic heterocycles. The van der Waals surface area contributed by atoms with E-state index in [9.17, 15) is 4.79 Å². The summed E-state index contributed by atoms with van der Waals surface area (Å²) in [4.78, 5) is 16.3. The molecule has 1 atom stereocenters. The van der Waals surface area contributed by atoms with Crippen molar-refractivity contribution in [3.8, 4) is 0 Å². The molecule has 3 rings (SSSR count). The number of aromatic nitrogens is 1. The summed E-state index contributed by atoms with van der Waals surface area (Å²) >= 11 is 1.46. The summed E-state index contributed by atoms with van der Waals surface area (Å²) in [7, 11) is 0. The normalized spacial score (nSPS) is 16.5. The Kier molecular flexibility index (Phi) is 4.73. The third-order valence-electron chi connectivity index (χ3n) is 4.19. The first-order chi connectivity index (χ1) is 10.7. The minimum absolute atomic E-state index is 0.152. The Bertz CT molecular complexity index is 653. The van der Waals surface area contributed by atoms with Crippen LogP contribution in [0.3, 0.4) is 0 Å². The van der Waals surface area contributed by atoms with Crippen LogP contribution in [-0.2, 0) is 17.6 Å². The molecule has 22 heavy (non-hydrogen) atoms. The van der Waals surface area contributed by atoms with Gasteiger partial charge < -0.3 is 11.1 Å². The topological polar surface area (TPSA) is 68.0 Å². The Balaban J connectivity index is 1.40. The number of amides is 1. The van der Waals surface area contributed by atoms with Gasteiger partial charge in [0.05, 0.1) is 5.69 Å². The molecule has 1 unspecified atom stereocenters. The summed E-state index contributed by atoms with van der Waals surface area (Å²) in [5.41, 5.74) is 9.38. The van der Waals surface area contributed by atoms with Crippen LogP contribution in [0.25, 0.3) is 0 Å². The van der Waals surface area contributed by atoms with E-state index in [0.29, 0.717) is 24.0 Å². The van der Waals surface area contributed by atoms with Crippen molar-refractivity contribution in [2.45, 2.75) is 38.0 Å². The van der Waals surface area contributed by atoms with Gasteiger partial charge in [0.25, 0.3) is 0 Å². The summed E-state index contributed by atoms with van der Waals surface area (Å²) in [6.07, 6.45) is 4.54. The molecule has 1 aliphatic carbocycles. The number of benzene rings is 1. The molecule has 116 valence electrons. The lowest BCUT2D eigenvalue weighted by Gasteiger charge is -2.11. The van der Waals surface area contributed by atoms with Crippen molar-refractivity contribution >= 4 is 22.4 Å². The fourth-order valence-electron chi connectivity index (χ4n) is 3.09. The number of carbonyl (C=O) groups is 1. The number of thiazole rings is 1. The maximum atomic E-state index is 12.1. The molecule has 1 amide bonds. The SMILES string of the molecule is Nc1nc(CCCNC(=O)CC2CCc3ccccc32)cs1. The Hall–Kier alpha value is -1.88. The second-order valence-corrected chi connectivity index (χ2v) is 6.66. The quantitative estimate of drug-likeness (QED) is 0.805. The molecule has 0 aliphatic heterocycles. The third kappa shape index (κ3) is 3.65. The van der Waals surface area contributed by atoms with Crippen LogP contribution < -0.4 is 11.1 Å². The second-order valence-electron chi connectivity index (χ2n) is 5.77. The first-order valence-corrected chi connectivity index (χ1v) is 8.64. The molecule has 1 aliphatic rings. The van der Waals surface area contributed by atoms with Crippen LogP contribution in [0.5, 0.6) is 0 Å². The van der Waals surface area contributed by atoms with Gasteiger partial charge in [-0.2, -0.15) is 0 Å². The lowest BCUT2D eigenvalue weighted by atomic mass is 9.97. The van der Waals surface area contributed by atoms with Crippen LogP contribution in [0.2, 0.25) is 0 Å². The molecule has 0 saturated carbocycles. The van der Waals surface area contributed by atoms with Gasteiger partial charge in [-0.05, 0) is 42.7 Å². The van der Waals surface area contributed by atoms with E-state index in [1.807, 2.05) is 5.38 Å². The largest absolute Gasteiger partial charge is 0.375 e. The monoisotopic (exact) mass is 315 g/mol. The molecule has 0 radical (unpaired) electrons. The molecule has 1 aromatic carbocycles. The van der Waals surface area contributed by atoms with Crippen LogP contribution in [0.4, 0.5) is 5.13 Å². The van der Waals surface area contributed by atoms with E-state index in [2.05, 4.69) is 34.6 Å². The molecular weight excluding hydrogens is 294 g/mol. The van der Waals surface area contributed by atoms with E-state index in [4.69, 9.17) is 5.73 Å². The van der Waals surface area contributed by atoms with E-state index in [-0.39, 0.29) is 5.91 Å². The fraction of sp³-hybridized carbons (Fsp3) is 0.412. The summed E-state index contributed by atoms with van der Waals surface area (Å²) < 4.78 is 0. The zero-order chi connectivity index (χ0) is 15.4. The van der Waals surface area contributed by atoms with Crippen molar-refractivity contribution in [2.75, 3.05) is 12.3 Å². The lowest BCUT2D eigenvalue weighted by molar-refractivity contribution is -0.121. The van der Waals surface area contributed by atoms with Gasteiger partial charge in [0, 0.05) is 18.3 Å². The molecule has 0 spiro atoms. The van der Waals surface area contributed by atoms with E-state index >= 15 is 0 Å². The minimum atomic E-state index is 0.152. The molecule has 0 bridgehead atoms. The zero-order valence-electron chi connectivity index (χ0n) is 12.5. The van der Waals surface area contributed by atoms with E-state index in [1.54, 1.807) is 0 Å². The predicted octanol–water partition coefficient (Wildman–Crippen LogP) is 2.89. The van der Waals surface area contributed by atoms with Crippen LogP contribution in [-0.4, -0.2) is 17.4 Å². The number of nitrogens with zero attached hydrogens (tertiary/aromatic N) is 1. The Morgan fingerprint density at radius 1 is 1.41 bits per heavy atom. The van der Waals surface area contributed by atoms with E-state index < -0.39 is 0 Å². The molecule has 4 nitrogen and oxygen atoms in total. The standard InChI is InChI=1S/C17H21N3OS/c18-17-20-14(11-22-17)5-3-9-19-16(21)10-13-8-7-12-4-1-2-6-15(12)13/h1-2,4,6,11,13H,3,5,7-10H2,(H2,18,20)(H,19,21). The van der Waals surface area contributed by atoms with Crippen molar-refractivity contribution in [1.29, 1.82) is 0 Å². The number of rotatable bonds is 6. The lowest BCUT2D eigenvalue weighted by Crippen LogP contribution is -2.26. The maximum absolute atomic E-state index is 12.1. The van der Waals surface area contributed by atoms with Crippen LogP contribution in [0, 0.1) is 0 Å². The van der Waals surface area contributed by atoms with Crippen LogP contribution in [0.15, 0.2) is 29.6 Å². The highest BCUT2D eigenvalue weighted by Gasteiger charge is 2.23. The molecular formula is C17H21N3OS. The molecule has 3 N–H and O–H groups in total. The zero-order valence-corrected chi connectivity index (χ0v) is 13.4. The predicted molar refractivity (Wildman–Crippen MR) is 90.0 cm³/mol. The van der Waals surface area contributed by atoms with Gasteiger partial charge >= 0.3 is 0 Å². The van der Waals surface area contributed by atoms with Gasteiger partial charge in [0.15, 0.2) is 5.13 Å². The highest BCUT2D eigenvalue weighted by molar-refractivity contribution is 7.13. The first-order valence-electron chi connectivity index (χ1n) is 7.77. The second kappa shape index (κ2) is 6.92. The fourth-order valence-corrected chi connectivity index (χ4v) is 3.69. The summed E-state index contributed by atoms with van der Waals surface area (Å²) in [5, 5.41) is 5.61. The van der Waals surface area contributed by atoms with Gasteiger partial charge in [0.1, 0.15) is 0 Å². The van der Waals surface area contributed by atoms with Crippen molar-refractivity contribution < 1.29 is 4.79 Å². The number of fused-ring (bicyclic) bond motifs is 1. The van der Waals surface area contributed by atoms with Crippen molar-refractivity contribution in [3.63, 3.8) is 0 Å². The number of carbonyl (C=O) groups excluding carboxylic acids is 1. The van der Waals surface area contributed by atoms with Crippen LogP contribution >= 0.6 is 11.3 Å². The molecule has 2 aromatic rings. The first kappa shape index (κ1) is 15.0. The smallest absolute Gasteiger partial charge is 0.220 e. The summed E-state index contributed by atoms with van der Waals surface area (Å²) in [6, 6.07) is 8.47. The van der Waals surface area contributed by atoms with Gasteiger partial charge in [-0.15, -0.1) is 11.3 Å². The number of aryl methyl sites for hydroxylation is 2. The highest BCUT2D eigenvalue weighted by atomic mass is 32.1. The van der Waals surface area contributed by atoms with Crippen LogP contribution in [0.1, 0.15) is 42.0 Å². The number of nitrogens with one attached hydrogen (secondary N) is 1. The van der Waals surface area contributed by atoms with Crippen molar-refractivity contribution in [3.05, 3.63) is 46.5 Å². The van der Waals surface area contributed by atoms with E-state index in [1.165, 1.54) is 22.5 Å². The summed E-state index contributed by atoms with van der Waals surface area (Å²) in [6.45, 7) is 0.699. The van der Waals surface area contributed by atoms with Crippen molar-refractivity contribution in [1.82, 2.24) is 10.3 Å². The van der Waals surface area contributed by atoms with E-state index in [0.717, 1.165) is 31.4 Å². The van der Waals surface area contributed by atoms with Crippen molar-refractivity contribution in [2.24, 2.45) is 0 Å². The van der Waals surface area contributed by atoms with Gasteiger partial charge in [-0.1, -0.05) is 24.3 Å². The minimum Gasteiger partial charge on any atom is -0.375 e. The molecule has 5 heteroatoms. The molecule has 0 saturated heterocycles.